The quantitative estimate of drug-likeness (QED) is 0.778. The molecule has 6 heteroatoms. The molecule has 3 aromatic rings. The number of thiophene rings is 1. The van der Waals surface area contributed by atoms with Gasteiger partial charge in [-0.15, -0.1) is 11.3 Å². The SMILES string of the molecule is Cc1cc(NC(=O)CN2CCc3sccc3C2c2ccccc2)no1. The Hall–Kier alpha value is -2.44. The summed E-state index contributed by atoms with van der Waals surface area (Å²) in [6.45, 7) is 2.98. The zero-order valence-electron chi connectivity index (χ0n) is 13.9. The van der Waals surface area contributed by atoms with Crippen LogP contribution in [-0.2, 0) is 11.2 Å². The summed E-state index contributed by atoms with van der Waals surface area (Å²) in [5.41, 5.74) is 2.53. The maximum atomic E-state index is 12.5. The maximum absolute atomic E-state index is 12.5. The van der Waals surface area contributed by atoms with Crippen LogP contribution in [0, 0.1) is 6.92 Å². The van der Waals surface area contributed by atoms with Gasteiger partial charge >= 0.3 is 0 Å². The molecular formula is C19H19N3O2S. The van der Waals surface area contributed by atoms with Crippen molar-refractivity contribution in [2.24, 2.45) is 0 Å². The lowest BCUT2D eigenvalue weighted by molar-refractivity contribution is -0.117. The van der Waals surface area contributed by atoms with Gasteiger partial charge in [0.2, 0.25) is 5.91 Å². The lowest BCUT2D eigenvalue weighted by atomic mass is 9.93. The molecule has 2 aromatic heterocycles. The van der Waals surface area contributed by atoms with E-state index in [9.17, 15) is 4.79 Å². The number of aromatic nitrogens is 1. The molecule has 128 valence electrons. The molecule has 1 amide bonds. The number of carbonyl (C=O) groups excluding carboxylic acids is 1. The number of hydrogen-bond acceptors (Lipinski definition) is 5. The molecule has 5 nitrogen and oxygen atoms in total. The standard InChI is InChI=1S/C19H19N3O2S/c1-13-11-17(21-24-13)20-18(23)12-22-9-7-16-15(8-10-25-16)19(22)14-5-3-2-4-6-14/h2-6,8,10-11,19H,7,9,12H2,1H3,(H,20,21,23). The number of aryl methyl sites for hydroxylation is 1. The molecule has 0 radical (unpaired) electrons. The molecule has 3 heterocycles. The van der Waals surface area contributed by atoms with Crippen LogP contribution in [0.1, 0.15) is 27.8 Å². The summed E-state index contributed by atoms with van der Waals surface area (Å²) in [4.78, 5) is 16.1. The number of fused-ring (bicyclic) bond motifs is 1. The molecule has 1 aliphatic rings. The Morgan fingerprint density at radius 3 is 2.96 bits per heavy atom. The summed E-state index contributed by atoms with van der Waals surface area (Å²) in [5, 5.41) is 8.79. The highest BCUT2D eigenvalue weighted by molar-refractivity contribution is 7.10. The van der Waals surface area contributed by atoms with Crippen LogP contribution in [-0.4, -0.2) is 29.1 Å². The highest BCUT2D eigenvalue weighted by atomic mass is 32.1. The summed E-state index contributed by atoms with van der Waals surface area (Å²) < 4.78 is 5.00. The van der Waals surface area contributed by atoms with Gasteiger partial charge in [0.25, 0.3) is 0 Å². The molecule has 1 N–H and O–H groups in total. The molecular weight excluding hydrogens is 334 g/mol. The third-order valence-electron chi connectivity index (χ3n) is 4.42. The fourth-order valence-corrected chi connectivity index (χ4v) is 4.26. The van der Waals surface area contributed by atoms with E-state index in [-0.39, 0.29) is 11.9 Å². The van der Waals surface area contributed by atoms with E-state index in [0.29, 0.717) is 18.1 Å². The molecule has 0 aliphatic carbocycles. The molecule has 0 saturated carbocycles. The van der Waals surface area contributed by atoms with Gasteiger partial charge in [-0.3, -0.25) is 9.69 Å². The first-order valence-corrected chi connectivity index (χ1v) is 9.17. The van der Waals surface area contributed by atoms with Gasteiger partial charge in [0, 0.05) is 17.5 Å². The highest BCUT2D eigenvalue weighted by Gasteiger charge is 2.30. The minimum Gasteiger partial charge on any atom is -0.360 e. The van der Waals surface area contributed by atoms with Crippen LogP contribution in [0.4, 0.5) is 5.82 Å². The first kappa shape index (κ1) is 16.1. The molecule has 1 atom stereocenters. The summed E-state index contributed by atoms with van der Waals surface area (Å²) in [6, 6.07) is 14.4. The van der Waals surface area contributed by atoms with E-state index in [1.165, 1.54) is 16.0 Å². The predicted octanol–water partition coefficient (Wildman–Crippen LogP) is 3.63. The van der Waals surface area contributed by atoms with Gasteiger partial charge in [0.1, 0.15) is 5.76 Å². The third-order valence-corrected chi connectivity index (χ3v) is 5.42. The van der Waals surface area contributed by atoms with Crippen molar-refractivity contribution in [2.45, 2.75) is 19.4 Å². The number of nitrogens with one attached hydrogen (secondary N) is 1. The zero-order chi connectivity index (χ0) is 17.2. The number of nitrogens with zero attached hydrogens (tertiary/aromatic N) is 2. The van der Waals surface area contributed by atoms with Crippen LogP contribution in [0.5, 0.6) is 0 Å². The van der Waals surface area contributed by atoms with Gasteiger partial charge in [-0.05, 0) is 35.9 Å². The molecule has 4 rings (SSSR count). The Bertz CT molecular complexity index is 872. The van der Waals surface area contributed by atoms with Gasteiger partial charge in [-0.25, -0.2) is 0 Å². The first-order chi connectivity index (χ1) is 12.2. The van der Waals surface area contributed by atoms with Crippen molar-refractivity contribution >= 4 is 23.1 Å². The smallest absolute Gasteiger partial charge is 0.239 e. The van der Waals surface area contributed by atoms with Crippen molar-refractivity contribution in [3.05, 3.63) is 69.6 Å². The number of anilines is 1. The molecule has 0 saturated heterocycles. The second-order valence-corrected chi connectivity index (χ2v) is 7.20. The van der Waals surface area contributed by atoms with Gasteiger partial charge in [-0.1, -0.05) is 35.5 Å². The Morgan fingerprint density at radius 1 is 1.36 bits per heavy atom. The van der Waals surface area contributed by atoms with Crippen LogP contribution < -0.4 is 5.32 Å². The minimum absolute atomic E-state index is 0.0760. The average Bonchev–Trinajstić information content (AvgIpc) is 3.24. The summed E-state index contributed by atoms with van der Waals surface area (Å²) in [7, 11) is 0. The van der Waals surface area contributed by atoms with Gasteiger partial charge in [0.15, 0.2) is 5.82 Å². The average molecular weight is 353 g/mol. The van der Waals surface area contributed by atoms with E-state index in [1.54, 1.807) is 24.3 Å². The topological polar surface area (TPSA) is 58.4 Å². The minimum atomic E-state index is -0.0760. The Morgan fingerprint density at radius 2 is 2.20 bits per heavy atom. The molecule has 1 aliphatic heterocycles. The predicted molar refractivity (Wildman–Crippen MR) is 97.8 cm³/mol. The van der Waals surface area contributed by atoms with Crippen LogP contribution in [0.15, 0.2) is 52.4 Å². The van der Waals surface area contributed by atoms with Crippen molar-refractivity contribution < 1.29 is 9.32 Å². The number of rotatable bonds is 4. The van der Waals surface area contributed by atoms with Crippen LogP contribution in [0.3, 0.4) is 0 Å². The van der Waals surface area contributed by atoms with E-state index < -0.39 is 0 Å². The van der Waals surface area contributed by atoms with Crippen LogP contribution in [0.2, 0.25) is 0 Å². The molecule has 1 aromatic carbocycles. The monoisotopic (exact) mass is 353 g/mol. The lowest BCUT2D eigenvalue weighted by Crippen LogP contribution is -2.40. The molecule has 0 bridgehead atoms. The summed E-state index contributed by atoms with van der Waals surface area (Å²) in [5.74, 6) is 1.07. The summed E-state index contributed by atoms with van der Waals surface area (Å²) >= 11 is 1.80. The van der Waals surface area contributed by atoms with Crippen molar-refractivity contribution in [3.8, 4) is 0 Å². The molecule has 0 fully saturated rings. The van der Waals surface area contributed by atoms with Gasteiger partial charge in [-0.2, -0.15) is 0 Å². The second kappa shape index (κ2) is 6.82. The summed E-state index contributed by atoms with van der Waals surface area (Å²) in [6.07, 6.45) is 0.979. The van der Waals surface area contributed by atoms with Gasteiger partial charge < -0.3 is 9.84 Å². The second-order valence-electron chi connectivity index (χ2n) is 6.20. The first-order valence-electron chi connectivity index (χ1n) is 8.29. The lowest BCUT2D eigenvalue weighted by Gasteiger charge is -2.35. The maximum Gasteiger partial charge on any atom is 0.239 e. The fraction of sp³-hybridized carbons (Fsp3) is 0.263. The molecule has 0 spiro atoms. The fourth-order valence-electron chi connectivity index (χ4n) is 3.36. The third kappa shape index (κ3) is 3.36. The normalized spacial score (nSPS) is 17.2. The van der Waals surface area contributed by atoms with E-state index in [2.05, 4.69) is 39.0 Å². The molecule has 25 heavy (non-hydrogen) atoms. The Balaban J connectivity index is 1.56. The number of hydrogen-bond donors (Lipinski definition) is 1. The van der Waals surface area contributed by atoms with Crippen molar-refractivity contribution in [2.75, 3.05) is 18.4 Å². The van der Waals surface area contributed by atoms with Crippen LogP contribution >= 0.6 is 11.3 Å². The van der Waals surface area contributed by atoms with Gasteiger partial charge in [0.05, 0.1) is 12.6 Å². The Kier molecular flexibility index (Phi) is 4.38. The van der Waals surface area contributed by atoms with Crippen molar-refractivity contribution in [1.82, 2.24) is 10.1 Å². The van der Waals surface area contributed by atoms with Crippen LogP contribution in [0.25, 0.3) is 0 Å². The Labute approximate surface area is 150 Å². The number of amides is 1. The van der Waals surface area contributed by atoms with E-state index in [0.717, 1.165) is 13.0 Å². The van der Waals surface area contributed by atoms with Crippen molar-refractivity contribution in [1.29, 1.82) is 0 Å². The largest absolute Gasteiger partial charge is 0.360 e. The van der Waals surface area contributed by atoms with E-state index in [1.807, 2.05) is 18.2 Å². The van der Waals surface area contributed by atoms with E-state index >= 15 is 0 Å². The highest BCUT2D eigenvalue weighted by Crippen LogP contribution is 2.37. The molecule has 1 unspecified atom stereocenters. The number of benzene rings is 1. The van der Waals surface area contributed by atoms with E-state index in [4.69, 9.17) is 4.52 Å². The van der Waals surface area contributed by atoms with Crippen molar-refractivity contribution in [3.63, 3.8) is 0 Å². The zero-order valence-corrected chi connectivity index (χ0v) is 14.8. The number of carbonyl (C=O) groups is 1.